The van der Waals surface area contributed by atoms with Crippen molar-refractivity contribution in [3.8, 4) is 5.75 Å². The van der Waals surface area contributed by atoms with E-state index in [2.05, 4.69) is 0 Å². The normalized spacial score (nSPS) is 10.3. The van der Waals surface area contributed by atoms with Gasteiger partial charge in [0.15, 0.2) is 5.78 Å². The van der Waals surface area contributed by atoms with E-state index in [0.717, 1.165) is 0 Å². The number of carbonyl (C=O) groups excluding carboxylic acids is 1. The quantitative estimate of drug-likeness (QED) is 0.768. The summed E-state index contributed by atoms with van der Waals surface area (Å²) in [6.07, 6.45) is 0.0617. The van der Waals surface area contributed by atoms with E-state index in [0.29, 0.717) is 28.5 Å². The molecule has 0 saturated heterocycles. The summed E-state index contributed by atoms with van der Waals surface area (Å²) in [5.41, 5.74) is 1.01. The monoisotopic (exact) mass is 292 g/mol. The Morgan fingerprint density at radius 2 is 2.05 bits per heavy atom. The Labute approximate surface area is 122 Å². The summed E-state index contributed by atoms with van der Waals surface area (Å²) in [4.78, 5) is 12.2. The molecule has 0 saturated carbocycles. The second kappa shape index (κ2) is 6.53. The van der Waals surface area contributed by atoms with Crippen LogP contribution in [0, 0.1) is 5.82 Å². The molecule has 0 heterocycles. The number of hydrogen-bond acceptors (Lipinski definition) is 2. The van der Waals surface area contributed by atoms with E-state index in [9.17, 15) is 9.18 Å². The first-order chi connectivity index (χ1) is 9.60. The summed E-state index contributed by atoms with van der Waals surface area (Å²) in [5, 5.41) is 0.390. The first-order valence-electron chi connectivity index (χ1n) is 6.30. The first-order valence-corrected chi connectivity index (χ1v) is 6.68. The molecule has 4 heteroatoms. The fourth-order valence-corrected chi connectivity index (χ4v) is 2.06. The number of Topliss-reactive ketones (excluding diaryl/α,β-unsaturated/α-hetero) is 1. The van der Waals surface area contributed by atoms with Gasteiger partial charge in [-0.3, -0.25) is 4.79 Å². The highest BCUT2D eigenvalue weighted by molar-refractivity contribution is 6.31. The van der Waals surface area contributed by atoms with Crippen LogP contribution in [-0.4, -0.2) is 12.4 Å². The van der Waals surface area contributed by atoms with Crippen molar-refractivity contribution in [2.45, 2.75) is 13.3 Å². The van der Waals surface area contributed by atoms with Crippen LogP contribution in [0.2, 0.25) is 5.02 Å². The number of rotatable bonds is 5. The van der Waals surface area contributed by atoms with Gasteiger partial charge in [-0.1, -0.05) is 23.7 Å². The van der Waals surface area contributed by atoms with Gasteiger partial charge in [0.25, 0.3) is 0 Å². The average Bonchev–Trinajstić information content (AvgIpc) is 2.43. The largest absolute Gasteiger partial charge is 0.494 e. The van der Waals surface area contributed by atoms with Gasteiger partial charge in [0.05, 0.1) is 6.61 Å². The lowest BCUT2D eigenvalue weighted by Crippen LogP contribution is -2.05. The lowest BCUT2D eigenvalue weighted by Gasteiger charge is -2.07. The standard InChI is InChI=1S/C16H14ClFO2/c1-2-20-14-5-3-4-11(9-14)16(19)10-12-8-13(18)6-7-15(12)17/h3-9H,2,10H2,1H3. The fourth-order valence-electron chi connectivity index (χ4n) is 1.88. The zero-order chi connectivity index (χ0) is 14.5. The highest BCUT2D eigenvalue weighted by Crippen LogP contribution is 2.20. The average molecular weight is 293 g/mol. The second-order valence-corrected chi connectivity index (χ2v) is 4.70. The van der Waals surface area contributed by atoms with Crippen molar-refractivity contribution >= 4 is 17.4 Å². The van der Waals surface area contributed by atoms with Gasteiger partial charge in [0.2, 0.25) is 0 Å². The zero-order valence-electron chi connectivity index (χ0n) is 11.0. The van der Waals surface area contributed by atoms with Gasteiger partial charge in [-0.05, 0) is 42.8 Å². The van der Waals surface area contributed by atoms with Crippen LogP contribution in [0.15, 0.2) is 42.5 Å². The molecule has 0 N–H and O–H groups in total. The molecular weight excluding hydrogens is 279 g/mol. The molecule has 2 nitrogen and oxygen atoms in total. The molecule has 0 radical (unpaired) electrons. The number of ketones is 1. The van der Waals surface area contributed by atoms with Gasteiger partial charge in [-0.15, -0.1) is 0 Å². The van der Waals surface area contributed by atoms with Gasteiger partial charge in [-0.2, -0.15) is 0 Å². The molecule has 0 fully saturated rings. The minimum Gasteiger partial charge on any atom is -0.494 e. The molecule has 0 aliphatic heterocycles. The first kappa shape index (κ1) is 14.5. The number of ether oxygens (including phenoxy) is 1. The Bertz CT molecular complexity index is 626. The molecule has 104 valence electrons. The van der Waals surface area contributed by atoms with E-state index in [1.165, 1.54) is 18.2 Å². The van der Waals surface area contributed by atoms with E-state index < -0.39 is 5.82 Å². The van der Waals surface area contributed by atoms with Crippen molar-refractivity contribution < 1.29 is 13.9 Å². The van der Waals surface area contributed by atoms with Gasteiger partial charge >= 0.3 is 0 Å². The summed E-state index contributed by atoms with van der Waals surface area (Å²) in [7, 11) is 0. The van der Waals surface area contributed by atoms with E-state index >= 15 is 0 Å². The maximum Gasteiger partial charge on any atom is 0.167 e. The van der Waals surface area contributed by atoms with Gasteiger partial charge in [0, 0.05) is 17.0 Å². The lowest BCUT2D eigenvalue weighted by atomic mass is 10.0. The van der Waals surface area contributed by atoms with E-state index in [1.807, 2.05) is 6.92 Å². The number of halogens is 2. The molecule has 0 aromatic heterocycles. The van der Waals surface area contributed by atoms with Crippen LogP contribution in [0.3, 0.4) is 0 Å². The molecule has 0 spiro atoms. The fraction of sp³-hybridized carbons (Fsp3) is 0.188. The number of hydrogen-bond donors (Lipinski definition) is 0. The Balaban J connectivity index is 2.19. The molecule has 0 atom stereocenters. The summed E-state index contributed by atoms with van der Waals surface area (Å²) >= 11 is 5.97. The predicted molar refractivity (Wildman–Crippen MR) is 77.1 cm³/mol. The third-order valence-corrected chi connectivity index (χ3v) is 3.19. The molecular formula is C16H14ClFO2. The van der Waals surface area contributed by atoms with Crippen molar-refractivity contribution in [3.05, 3.63) is 64.4 Å². The highest BCUT2D eigenvalue weighted by Gasteiger charge is 2.11. The second-order valence-electron chi connectivity index (χ2n) is 4.30. The van der Waals surface area contributed by atoms with Crippen LogP contribution in [0.5, 0.6) is 5.75 Å². The summed E-state index contributed by atoms with van der Waals surface area (Å²) < 4.78 is 18.5. The third-order valence-electron chi connectivity index (χ3n) is 2.83. The molecule has 20 heavy (non-hydrogen) atoms. The molecule has 0 aliphatic rings. The molecule has 0 aliphatic carbocycles. The van der Waals surface area contributed by atoms with Gasteiger partial charge in [0.1, 0.15) is 11.6 Å². The SMILES string of the molecule is CCOc1cccc(C(=O)Cc2cc(F)ccc2Cl)c1. The maximum absolute atomic E-state index is 13.2. The number of carbonyl (C=O) groups is 1. The van der Waals surface area contributed by atoms with Crippen molar-refractivity contribution in [1.29, 1.82) is 0 Å². The van der Waals surface area contributed by atoms with E-state index in [4.69, 9.17) is 16.3 Å². The topological polar surface area (TPSA) is 26.3 Å². The van der Waals surface area contributed by atoms with Crippen LogP contribution in [0.4, 0.5) is 4.39 Å². The van der Waals surface area contributed by atoms with E-state index in [-0.39, 0.29) is 12.2 Å². The summed E-state index contributed by atoms with van der Waals surface area (Å²) in [6.45, 7) is 2.41. The molecule has 2 rings (SSSR count). The number of benzene rings is 2. The molecule has 2 aromatic carbocycles. The van der Waals surface area contributed by atoms with Crippen LogP contribution >= 0.6 is 11.6 Å². The Morgan fingerprint density at radius 1 is 1.25 bits per heavy atom. The Hall–Kier alpha value is -1.87. The maximum atomic E-state index is 13.2. The smallest absolute Gasteiger partial charge is 0.167 e. The van der Waals surface area contributed by atoms with E-state index in [1.54, 1.807) is 24.3 Å². The van der Waals surface area contributed by atoms with Crippen LogP contribution in [-0.2, 0) is 6.42 Å². The molecule has 0 amide bonds. The van der Waals surface area contributed by atoms with Crippen molar-refractivity contribution in [3.63, 3.8) is 0 Å². The summed E-state index contributed by atoms with van der Waals surface area (Å²) in [5.74, 6) is 0.114. The van der Waals surface area contributed by atoms with Crippen molar-refractivity contribution in [1.82, 2.24) is 0 Å². The molecule has 2 aromatic rings. The minimum atomic E-state index is -0.403. The predicted octanol–water partition coefficient (Wildman–Crippen LogP) is 4.30. The Kier molecular flexibility index (Phi) is 4.74. The van der Waals surface area contributed by atoms with Crippen LogP contribution in [0.1, 0.15) is 22.8 Å². The zero-order valence-corrected chi connectivity index (χ0v) is 11.8. The Morgan fingerprint density at radius 3 is 2.80 bits per heavy atom. The van der Waals surface area contributed by atoms with Gasteiger partial charge < -0.3 is 4.74 Å². The molecule has 0 unspecified atom stereocenters. The highest BCUT2D eigenvalue weighted by atomic mass is 35.5. The lowest BCUT2D eigenvalue weighted by molar-refractivity contribution is 0.0992. The van der Waals surface area contributed by atoms with Crippen LogP contribution < -0.4 is 4.74 Å². The van der Waals surface area contributed by atoms with Crippen molar-refractivity contribution in [2.24, 2.45) is 0 Å². The van der Waals surface area contributed by atoms with Crippen LogP contribution in [0.25, 0.3) is 0 Å². The minimum absolute atomic E-state index is 0.0617. The van der Waals surface area contributed by atoms with Crippen molar-refractivity contribution in [2.75, 3.05) is 6.61 Å². The van der Waals surface area contributed by atoms with Gasteiger partial charge in [-0.25, -0.2) is 4.39 Å². The molecule has 0 bridgehead atoms. The summed E-state index contributed by atoms with van der Waals surface area (Å²) in [6, 6.07) is 10.9. The third kappa shape index (κ3) is 3.58.